The zero-order chi connectivity index (χ0) is 18.8. The predicted molar refractivity (Wildman–Crippen MR) is 91.2 cm³/mol. The summed E-state index contributed by atoms with van der Waals surface area (Å²) in [5.41, 5.74) is -0.346. The van der Waals surface area contributed by atoms with Crippen molar-refractivity contribution in [2.75, 3.05) is 20.1 Å². The Morgan fingerprint density at radius 2 is 1.12 bits per heavy atom. The van der Waals surface area contributed by atoms with Crippen LogP contribution in [0.15, 0.2) is 47.5 Å². The lowest BCUT2D eigenvalue weighted by Crippen LogP contribution is -2.34. The summed E-state index contributed by atoms with van der Waals surface area (Å²) in [5.74, 6) is -3.64. The van der Waals surface area contributed by atoms with Gasteiger partial charge in [0.2, 0.25) is 0 Å². The Kier molecular flexibility index (Phi) is 5.04. The third-order valence-corrected chi connectivity index (χ3v) is 4.10. The molecule has 0 radical (unpaired) electrons. The molecular formula is C20H15F4NO. The van der Waals surface area contributed by atoms with Crippen LogP contribution in [0.4, 0.5) is 17.6 Å². The van der Waals surface area contributed by atoms with Crippen LogP contribution in [0.1, 0.15) is 11.1 Å². The average Bonchev–Trinajstić information content (AvgIpc) is 2.58. The maximum absolute atomic E-state index is 13.9. The third kappa shape index (κ3) is 3.60. The number of piperidine rings is 1. The number of hydrogen-bond acceptors (Lipinski definition) is 2. The van der Waals surface area contributed by atoms with E-state index in [1.807, 2.05) is 0 Å². The normalized spacial score (nSPS) is 18.7. The van der Waals surface area contributed by atoms with E-state index in [1.165, 1.54) is 12.1 Å². The molecule has 1 fully saturated rings. The number of nitrogens with zero attached hydrogens (tertiary/aromatic N) is 1. The van der Waals surface area contributed by atoms with Crippen molar-refractivity contribution in [2.24, 2.45) is 0 Å². The van der Waals surface area contributed by atoms with Crippen LogP contribution < -0.4 is 0 Å². The molecule has 2 nitrogen and oxygen atoms in total. The van der Waals surface area contributed by atoms with E-state index in [0.717, 1.165) is 36.4 Å². The van der Waals surface area contributed by atoms with Crippen molar-refractivity contribution in [3.05, 3.63) is 81.9 Å². The summed E-state index contributed by atoms with van der Waals surface area (Å²) in [6.07, 6.45) is 2.29. The van der Waals surface area contributed by atoms with Crippen molar-refractivity contribution in [1.82, 2.24) is 4.90 Å². The van der Waals surface area contributed by atoms with Crippen LogP contribution in [0.25, 0.3) is 12.2 Å². The van der Waals surface area contributed by atoms with E-state index in [2.05, 4.69) is 0 Å². The van der Waals surface area contributed by atoms with E-state index in [1.54, 1.807) is 11.9 Å². The summed E-state index contributed by atoms with van der Waals surface area (Å²) < 4.78 is 55.4. The molecule has 0 aromatic heterocycles. The van der Waals surface area contributed by atoms with Gasteiger partial charge in [-0.1, -0.05) is 12.1 Å². The molecule has 2 aromatic rings. The number of Topliss-reactive ketones (excluding diaryl/α,β-unsaturated/α-hetero) is 1. The van der Waals surface area contributed by atoms with Gasteiger partial charge in [0.15, 0.2) is 5.78 Å². The fraction of sp³-hybridized carbons (Fsp3) is 0.150. The summed E-state index contributed by atoms with van der Waals surface area (Å²) in [6, 6.07) is 6.84. The molecule has 6 heteroatoms. The Morgan fingerprint density at radius 3 is 1.46 bits per heavy atom. The minimum atomic E-state index is -0.788. The number of halogens is 4. The van der Waals surface area contributed by atoms with Crippen molar-refractivity contribution in [3.63, 3.8) is 0 Å². The molecule has 0 saturated carbocycles. The number of likely N-dealkylation sites (tertiary alicyclic amines) is 1. The first-order valence-corrected chi connectivity index (χ1v) is 7.89. The first kappa shape index (κ1) is 18.1. The first-order chi connectivity index (χ1) is 12.4. The van der Waals surface area contributed by atoms with Gasteiger partial charge in [0.25, 0.3) is 0 Å². The van der Waals surface area contributed by atoms with E-state index in [-0.39, 0.29) is 35.4 Å². The van der Waals surface area contributed by atoms with Gasteiger partial charge in [-0.15, -0.1) is 0 Å². The highest BCUT2D eigenvalue weighted by Gasteiger charge is 2.25. The van der Waals surface area contributed by atoms with Crippen LogP contribution in [0.2, 0.25) is 0 Å². The molecule has 3 rings (SSSR count). The second kappa shape index (κ2) is 7.25. The third-order valence-electron chi connectivity index (χ3n) is 4.10. The average molecular weight is 361 g/mol. The minimum Gasteiger partial charge on any atom is -0.298 e. The topological polar surface area (TPSA) is 20.3 Å². The molecule has 134 valence electrons. The zero-order valence-electron chi connectivity index (χ0n) is 13.9. The number of rotatable bonds is 2. The van der Waals surface area contributed by atoms with E-state index < -0.39 is 29.1 Å². The molecule has 0 atom stereocenters. The Bertz CT molecular complexity index is 819. The Hall–Kier alpha value is -2.73. The van der Waals surface area contributed by atoms with Gasteiger partial charge < -0.3 is 0 Å². The van der Waals surface area contributed by atoms with Gasteiger partial charge in [-0.05, 0) is 43.5 Å². The van der Waals surface area contributed by atoms with Crippen molar-refractivity contribution in [1.29, 1.82) is 0 Å². The van der Waals surface area contributed by atoms with Crippen molar-refractivity contribution >= 4 is 17.9 Å². The van der Waals surface area contributed by atoms with Crippen LogP contribution in [-0.4, -0.2) is 30.8 Å². The molecule has 0 aliphatic carbocycles. The molecule has 0 amide bonds. The Labute approximate surface area is 148 Å². The minimum absolute atomic E-state index is 0.144. The SMILES string of the molecule is CN1C/C(=C/c2c(F)cccc2F)C(=O)/C(=C/c2c(F)cccc2F)C1. The quantitative estimate of drug-likeness (QED) is 0.590. The molecule has 2 aromatic carbocycles. The summed E-state index contributed by atoms with van der Waals surface area (Å²) in [5, 5.41) is 0. The van der Waals surface area contributed by atoms with Crippen LogP contribution in [-0.2, 0) is 4.79 Å². The molecule has 1 aliphatic rings. The van der Waals surface area contributed by atoms with Crippen molar-refractivity contribution in [3.8, 4) is 0 Å². The molecular weight excluding hydrogens is 346 g/mol. The molecule has 0 unspecified atom stereocenters. The monoisotopic (exact) mass is 361 g/mol. The lowest BCUT2D eigenvalue weighted by atomic mass is 9.94. The molecule has 1 aliphatic heterocycles. The van der Waals surface area contributed by atoms with Gasteiger partial charge in [-0.3, -0.25) is 9.69 Å². The summed E-state index contributed by atoms with van der Waals surface area (Å²) >= 11 is 0. The second-order valence-electron chi connectivity index (χ2n) is 6.11. The maximum atomic E-state index is 13.9. The predicted octanol–water partition coefficient (Wildman–Crippen LogP) is 4.22. The molecule has 1 heterocycles. The number of hydrogen-bond donors (Lipinski definition) is 0. The Balaban J connectivity index is 2.04. The van der Waals surface area contributed by atoms with Crippen molar-refractivity contribution < 1.29 is 22.4 Å². The zero-order valence-corrected chi connectivity index (χ0v) is 13.9. The molecule has 26 heavy (non-hydrogen) atoms. The highest BCUT2D eigenvalue weighted by Crippen LogP contribution is 2.24. The number of benzene rings is 2. The highest BCUT2D eigenvalue weighted by molar-refractivity contribution is 6.14. The second-order valence-corrected chi connectivity index (χ2v) is 6.11. The number of ketones is 1. The Morgan fingerprint density at radius 1 is 0.769 bits per heavy atom. The van der Waals surface area contributed by atoms with Gasteiger partial charge in [-0.25, -0.2) is 17.6 Å². The number of carbonyl (C=O) groups excluding carboxylic acids is 1. The molecule has 0 bridgehead atoms. The fourth-order valence-electron chi connectivity index (χ4n) is 2.86. The van der Waals surface area contributed by atoms with E-state index in [9.17, 15) is 22.4 Å². The van der Waals surface area contributed by atoms with Gasteiger partial charge >= 0.3 is 0 Å². The summed E-state index contributed by atoms with van der Waals surface area (Å²) in [4.78, 5) is 14.4. The first-order valence-electron chi connectivity index (χ1n) is 7.89. The number of carbonyl (C=O) groups is 1. The van der Waals surface area contributed by atoms with Crippen molar-refractivity contribution in [2.45, 2.75) is 0 Å². The molecule has 1 saturated heterocycles. The lowest BCUT2D eigenvalue weighted by Gasteiger charge is -2.26. The van der Waals surface area contributed by atoms with Crippen LogP contribution in [0, 0.1) is 23.3 Å². The van der Waals surface area contributed by atoms with Crippen LogP contribution in [0.5, 0.6) is 0 Å². The fourth-order valence-corrected chi connectivity index (χ4v) is 2.86. The van der Waals surface area contributed by atoms with Gasteiger partial charge in [-0.2, -0.15) is 0 Å². The summed E-state index contributed by atoms with van der Waals surface area (Å²) in [7, 11) is 1.70. The highest BCUT2D eigenvalue weighted by atomic mass is 19.1. The maximum Gasteiger partial charge on any atom is 0.187 e. The largest absolute Gasteiger partial charge is 0.298 e. The van der Waals surface area contributed by atoms with Crippen LogP contribution >= 0.6 is 0 Å². The van der Waals surface area contributed by atoms with Gasteiger partial charge in [0, 0.05) is 35.4 Å². The van der Waals surface area contributed by atoms with E-state index in [0.29, 0.717) is 0 Å². The number of likely N-dealkylation sites (N-methyl/N-ethyl adjacent to an activating group) is 1. The van der Waals surface area contributed by atoms with E-state index in [4.69, 9.17) is 0 Å². The standard InChI is InChI=1S/C20H15F4NO/c1-25-10-12(8-14-16(21)4-2-5-17(14)22)20(26)13(11-25)9-15-18(23)6-3-7-19(15)24/h2-9H,10-11H2,1H3/b12-8-,13-9+. The lowest BCUT2D eigenvalue weighted by molar-refractivity contribution is -0.113. The van der Waals surface area contributed by atoms with Gasteiger partial charge in [0.1, 0.15) is 23.3 Å². The summed E-state index contributed by atoms with van der Waals surface area (Å²) in [6.45, 7) is 0.341. The molecule has 0 N–H and O–H groups in total. The molecule has 0 spiro atoms. The van der Waals surface area contributed by atoms with Crippen LogP contribution in [0.3, 0.4) is 0 Å². The van der Waals surface area contributed by atoms with Gasteiger partial charge in [0.05, 0.1) is 0 Å². The van der Waals surface area contributed by atoms with E-state index >= 15 is 0 Å². The smallest absolute Gasteiger partial charge is 0.187 e.